The van der Waals surface area contributed by atoms with Gasteiger partial charge < -0.3 is 14.8 Å². The molecule has 4 rings (SSSR count). The van der Waals surface area contributed by atoms with E-state index in [2.05, 4.69) is 10.2 Å². The Labute approximate surface area is 164 Å². The summed E-state index contributed by atoms with van der Waals surface area (Å²) in [5.41, 5.74) is 3.23. The minimum atomic E-state index is -1.59. The van der Waals surface area contributed by atoms with Crippen LogP contribution in [-0.2, 0) is 11.2 Å². The molecular formula is C21H19F2N3O3. The molecule has 0 amide bonds. The molecule has 4 aromatic rings. The second-order valence-electron chi connectivity index (χ2n) is 7.34. The number of aliphatic hydroxyl groups excluding tert-OH is 1. The SMILES string of the molecule is CC(C)c1c(C[C@@H](O)C(=O)O)c2cc3[nH]ncc3cc2n1-c1ccc(F)c(F)c1. The van der Waals surface area contributed by atoms with E-state index in [1.807, 2.05) is 26.0 Å². The van der Waals surface area contributed by atoms with Crippen molar-refractivity contribution in [2.75, 3.05) is 0 Å². The first kappa shape index (κ1) is 19.1. The summed E-state index contributed by atoms with van der Waals surface area (Å²) in [6, 6.07) is 7.34. The number of aliphatic hydroxyl groups is 1. The van der Waals surface area contributed by atoms with Gasteiger partial charge in [0.2, 0.25) is 0 Å². The molecular weight excluding hydrogens is 380 g/mol. The number of carboxylic acid groups (broad SMARTS) is 1. The summed E-state index contributed by atoms with van der Waals surface area (Å²) in [6.07, 6.45) is -0.0534. The molecule has 0 saturated heterocycles. The highest BCUT2D eigenvalue weighted by molar-refractivity contribution is 5.99. The fraction of sp³-hybridized carbons (Fsp3) is 0.238. The summed E-state index contributed by atoms with van der Waals surface area (Å²) >= 11 is 0. The number of H-pyrrole nitrogens is 1. The van der Waals surface area contributed by atoms with Crippen LogP contribution in [0.5, 0.6) is 0 Å². The predicted molar refractivity (Wildman–Crippen MR) is 104 cm³/mol. The van der Waals surface area contributed by atoms with Gasteiger partial charge in [0.05, 0.1) is 17.2 Å². The van der Waals surface area contributed by atoms with E-state index in [0.717, 1.165) is 34.1 Å². The molecule has 0 aliphatic carbocycles. The number of hydrogen-bond acceptors (Lipinski definition) is 3. The number of nitrogens with one attached hydrogen (secondary N) is 1. The van der Waals surface area contributed by atoms with Gasteiger partial charge in [-0.3, -0.25) is 5.10 Å². The van der Waals surface area contributed by atoms with Crippen LogP contribution in [0, 0.1) is 11.6 Å². The number of fused-ring (bicyclic) bond motifs is 2. The summed E-state index contributed by atoms with van der Waals surface area (Å²) in [6.45, 7) is 3.85. The van der Waals surface area contributed by atoms with Crippen molar-refractivity contribution >= 4 is 27.8 Å². The van der Waals surface area contributed by atoms with Crippen molar-refractivity contribution in [2.24, 2.45) is 0 Å². The van der Waals surface area contributed by atoms with Gasteiger partial charge in [0.1, 0.15) is 0 Å². The summed E-state index contributed by atoms with van der Waals surface area (Å²) in [7, 11) is 0. The molecule has 0 radical (unpaired) electrons. The van der Waals surface area contributed by atoms with Crippen LogP contribution >= 0.6 is 0 Å². The molecule has 3 N–H and O–H groups in total. The molecule has 2 aromatic heterocycles. The average molecular weight is 399 g/mol. The first-order valence-corrected chi connectivity index (χ1v) is 9.14. The molecule has 0 fully saturated rings. The molecule has 150 valence electrons. The Balaban J connectivity index is 2.10. The van der Waals surface area contributed by atoms with Crippen molar-refractivity contribution in [1.82, 2.24) is 14.8 Å². The van der Waals surface area contributed by atoms with Gasteiger partial charge in [-0.1, -0.05) is 13.8 Å². The van der Waals surface area contributed by atoms with Gasteiger partial charge in [0.15, 0.2) is 17.7 Å². The fourth-order valence-electron chi connectivity index (χ4n) is 3.81. The quantitative estimate of drug-likeness (QED) is 0.475. The summed E-state index contributed by atoms with van der Waals surface area (Å²) < 4.78 is 29.3. The lowest BCUT2D eigenvalue weighted by Crippen LogP contribution is -2.22. The summed E-state index contributed by atoms with van der Waals surface area (Å²) in [5.74, 6) is -3.33. The first-order chi connectivity index (χ1) is 13.8. The van der Waals surface area contributed by atoms with E-state index in [9.17, 15) is 23.8 Å². The molecule has 8 heteroatoms. The maximum Gasteiger partial charge on any atom is 0.332 e. The molecule has 0 spiro atoms. The maximum absolute atomic E-state index is 14.0. The van der Waals surface area contributed by atoms with Crippen LogP contribution in [0.4, 0.5) is 8.78 Å². The fourth-order valence-corrected chi connectivity index (χ4v) is 3.81. The van der Waals surface area contributed by atoms with E-state index in [-0.39, 0.29) is 12.3 Å². The monoisotopic (exact) mass is 399 g/mol. The van der Waals surface area contributed by atoms with Gasteiger partial charge in [-0.25, -0.2) is 13.6 Å². The second-order valence-corrected chi connectivity index (χ2v) is 7.34. The Bertz CT molecular complexity index is 1240. The second kappa shape index (κ2) is 6.97. The van der Waals surface area contributed by atoms with Crippen LogP contribution in [0.2, 0.25) is 0 Å². The number of benzene rings is 2. The summed E-state index contributed by atoms with van der Waals surface area (Å²) in [5, 5.41) is 27.7. The Morgan fingerprint density at radius 2 is 1.97 bits per heavy atom. The number of aromatic nitrogens is 3. The Hall–Kier alpha value is -3.26. The van der Waals surface area contributed by atoms with Gasteiger partial charge in [0, 0.05) is 34.6 Å². The van der Waals surface area contributed by atoms with E-state index in [1.54, 1.807) is 10.8 Å². The maximum atomic E-state index is 14.0. The molecule has 0 saturated carbocycles. The zero-order chi connectivity index (χ0) is 20.9. The molecule has 0 aliphatic heterocycles. The Morgan fingerprint density at radius 3 is 2.62 bits per heavy atom. The van der Waals surface area contributed by atoms with Gasteiger partial charge >= 0.3 is 5.97 Å². The van der Waals surface area contributed by atoms with E-state index in [4.69, 9.17) is 0 Å². The van der Waals surface area contributed by atoms with Crippen LogP contribution in [0.1, 0.15) is 31.0 Å². The number of hydrogen-bond donors (Lipinski definition) is 3. The number of rotatable bonds is 5. The third-order valence-electron chi connectivity index (χ3n) is 5.06. The topological polar surface area (TPSA) is 91.1 Å². The smallest absolute Gasteiger partial charge is 0.332 e. The zero-order valence-electron chi connectivity index (χ0n) is 15.8. The van der Waals surface area contributed by atoms with Crippen molar-refractivity contribution < 1.29 is 23.8 Å². The highest BCUT2D eigenvalue weighted by Crippen LogP contribution is 2.37. The summed E-state index contributed by atoms with van der Waals surface area (Å²) in [4.78, 5) is 11.3. The largest absolute Gasteiger partial charge is 0.479 e. The standard InChI is InChI=1S/C21H19F2N3O3/c1-10(2)20-14(8-19(27)21(28)29)13-7-17-11(9-24-25-17)5-18(13)26(20)12-3-4-15(22)16(23)6-12/h3-7,9-10,19,27H,8H2,1-2H3,(H,24,25)(H,28,29)/t19-/m1/s1. The van der Waals surface area contributed by atoms with Crippen molar-refractivity contribution in [3.8, 4) is 5.69 Å². The Morgan fingerprint density at radius 1 is 1.21 bits per heavy atom. The van der Waals surface area contributed by atoms with Crippen LogP contribution in [0.15, 0.2) is 36.5 Å². The highest BCUT2D eigenvalue weighted by atomic mass is 19.2. The van der Waals surface area contributed by atoms with Crippen molar-refractivity contribution in [3.63, 3.8) is 0 Å². The molecule has 6 nitrogen and oxygen atoms in total. The normalized spacial score (nSPS) is 12.9. The van der Waals surface area contributed by atoms with Crippen molar-refractivity contribution in [1.29, 1.82) is 0 Å². The van der Waals surface area contributed by atoms with E-state index in [0.29, 0.717) is 16.8 Å². The number of halogens is 2. The van der Waals surface area contributed by atoms with Crippen molar-refractivity contribution in [3.05, 3.63) is 59.4 Å². The van der Waals surface area contributed by atoms with Crippen molar-refractivity contribution in [2.45, 2.75) is 32.3 Å². The van der Waals surface area contributed by atoms with E-state index >= 15 is 0 Å². The Kier molecular flexibility index (Phi) is 4.58. The average Bonchev–Trinajstić information content (AvgIpc) is 3.24. The molecule has 0 bridgehead atoms. The molecule has 29 heavy (non-hydrogen) atoms. The first-order valence-electron chi connectivity index (χ1n) is 9.14. The number of carboxylic acids is 1. The number of aliphatic carboxylic acids is 1. The molecule has 2 aromatic carbocycles. The lowest BCUT2D eigenvalue weighted by atomic mass is 9.98. The van der Waals surface area contributed by atoms with Gasteiger partial charge in [0.25, 0.3) is 0 Å². The molecule has 1 atom stereocenters. The zero-order valence-corrected chi connectivity index (χ0v) is 15.8. The van der Waals surface area contributed by atoms with Crippen LogP contribution < -0.4 is 0 Å². The third kappa shape index (κ3) is 3.15. The molecule has 2 heterocycles. The van der Waals surface area contributed by atoms with E-state index in [1.165, 1.54) is 6.07 Å². The highest BCUT2D eigenvalue weighted by Gasteiger charge is 2.25. The predicted octanol–water partition coefficient (Wildman–Crippen LogP) is 3.90. The van der Waals surface area contributed by atoms with Gasteiger partial charge in [-0.2, -0.15) is 5.10 Å². The number of aromatic amines is 1. The van der Waals surface area contributed by atoms with E-state index < -0.39 is 23.7 Å². The van der Waals surface area contributed by atoms with Gasteiger partial charge in [-0.05, 0) is 35.7 Å². The number of carbonyl (C=O) groups is 1. The number of nitrogens with zero attached hydrogens (tertiary/aromatic N) is 2. The lowest BCUT2D eigenvalue weighted by molar-refractivity contribution is -0.146. The van der Waals surface area contributed by atoms with Crippen LogP contribution in [0.25, 0.3) is 27.5 Å². The lowest BCUT2D eigenvalue weighted by Gasteiger charge is -2.16. The third-order valence-corrected chi connectivity index (χ3v) is 5.06. The van der Waals surface area contributed by atoms with Crippen LogP contribution in [-0.4, -0.2) is 37.1 Å². The van der Waals surface area contributed by atoms with Crippen LogP contribution in [0.3, 0.4) is 0 Å². The minimum Gasteiger partial charge on any atom is -0.479 e. The van der Waals surface area contributed by atoms with Gasteiger partial charge in [-0.15, -0.1) is 0 Å². The molecule has 0 aliphatic rings. The molecule has 0 unspecified atom stereocenters. The minimum absolute atomic E-state index is 0.0806.